The number of carbonyl (C=O) groups is 1. The van der Waals surface area contributed by atoms with Gasteiger partial charge in [0.15, 0.2) is 5.78 Å². The molecule has 2 heteroatoms. The van der Waals surface area contributed by atoms with E-state index in [-0.39, 0.29) is 12.6 Å². The molecule has 0 atom stereocenters. The number of Topliss-reactive ketones (excluding diaryl/α,β-unsaturated/α-hetero) is 1. The Morgan fingerprint density at radius 3 is 2.47 bits per heavy atom. The van der Waals surface area contributed by atoms with Crippen LogP contribution in [0, 0.1) is 5.41 Å². The van der Waals surface area contributed by atoms with Gasteiger partial charge in [-0.2, -0.15) is 0 Å². The van der Waals surface area contributed by atoms with Gasteiger partial charge in [0.05, 0.1) is 7.11 Å². The highest BCUT2D eigenvalue weighted by Gasteiger charge is 2.47. The van der Waals surface area contributed by atoms with Crippen molar-refractivity contribution in [3.63, 3.8) is 0 Å². The van der Waals surface area contributed by atoms with Crippen LogP contribution in [0.4, 0.5) is 0 Å². The van der Waals surface area contributed by atoms with Gasteiger partial charge in [-0.25, -0.2) is 0 Å². The quantitative estimate of drug-likeness (QED) is 0.221. The van der Waals surface area contributed by atoms with E-state index in [0.29, 0.717) is 0 Å². The molecule has 0 amide bonds. The molecule has 0 aromatic heterocycles. The van der Waals surface area contributed by atoms with Gasteiger partial charge in [-0.1, -0.05) is 90.5 Å². The predicted molar refractivity (Wildman–Crippen MR) is 150 cm³/mol. The number of carbonyl (C=O) groups excluding carboxylic acids is 1. The number of methoxy groups -OCH3 is 1. The van der Waals surface area contributed by atoms with Gasteiger partial charge >= 0.3 is 0 Å². The Morgan fingerprint density at radius 2 is 1.64 bits per heavy atom. The van der Waals surface area contributed by atoms with Crippen molar-refractivity contribution in [2.45, 2.75) is 32.1 Å². The number of aryl methyl sites for hydroxylation is 1. The molecule has 0 unspecified atom stereocenters. The number of ketones is 1. The molecular weight excluding hydrogens is 440 g/mol. The van der Waals surface area contributed by atoms with Crippen molar-refractivity contribution in [2.24, 2.45) is 5.41 Å². The Bertz CT molecular complexity index is 1500. The van der Waals surface area contributed by atoms with Crippen molar-refractivity contribution in [3.05, 3.63) is 130 Å². The lowest BCUT2D eigenvalue weighted by atomic mass is 9.58. The summed E-state index contributed by atoms with van der Waals surface area (Å²) >= 11 is 0. The third-order valence-electron chi connectivity index (χ3n) is 8.00. The second-order valence-electron chi connectivity index (χ2n) is 10.2. The van der Waals surface area contributed by atoms with E-state index in [0.717, 1.165) is 54.6 Å². The topological polar surface area (TPSA) is 26.3 Å². The third kappa shape index (κ3) is 4.07. The summed E-state index contributed by atoms with van der Waals surface area (Å²) in [5, 5.41) is 2.61. The molecule has 2 nitrogen and oxygen atoms in total. The van der Waals surface area contributed by atoms with Crippen LogP contribution in [0.2, 0.25) is 0 Å². The first-order valence-electron chi connectivity index (χ1n) is 12.8. The number of ether oxygens (including phenoxy) is 1. The average molecular weight is 473 g/mol. The Hall–Kier alpha value is -3.91. The summed E-state index contributed by atoms with van der Waals surface area (Å²) in [5.74, 6) is 1.01. The van der Waals surface area contributed by atoms with Gasteiger partial charge in [-0.3, -0.25) is 4.79 Å². The van der Waals surface area contributed by atoms with Crippen molar-refractivity contribution < 1.29 is 11.0 Å². The molecule has 1 saturated carbocycles. The summed E-state index contributed by atoms with van der Waals surface area (Å²) in [6.07, 6.45) is 9.32. The predicted octanol–water partition coefficient (Wildman–Crippen LogP) is 8.26. The standard InChI is InChI=1S/C34H30O2.H2/c1-36-29-17-14-24(15-18-29)21-32-33(35)31-12-5-3-8-28(31)19-20-34(32)22-25(23-34)13-16-27-10-6-9-26-7-2-4-11-30(26)27;/h2-15,17-18,21H,16,19-20,22-23H2,1H3;1H/b25-13?,32-21-;. The van der Waals surface area contributed by atoms with Crippen molar-refractivity contribution in [1.29, 1.82) is 0 Å². The summed E-state index contributed by atoms with van der Waals surface area (Å²) in [4.78, 5) is 13.9. The van der Waals surface area contributed by atoms with Crippen LogP contribution in [-0.4, -0.2) is 12.9 Å². The fraction of sp³-hybridized carbons (Fsp3) is 0.206. The molecule has 0 bridgehead atoms. The summed E-state index contributed by atoms with van der Waals surface area (Å²) in [6.45, 7) is 0. The van der Waals surface area contributed by atoms with Crippen molar-refractivity contribution >= 4 is 22.6 Å². The molecule has 0 aliphatic heterocycles. The number of hydrogen-bond acceptors (Lipinski definition) is 2. The van der Waals surface area contributed by atoms with Crippen LogP contribution >= 0.6 is 0 Å². The van der Waals surface area contributed by atoms with Crippen LogP contribution in [0.1, 0.15) is 47.7 Å². The smallest absolute Gasteiger partial charge is 0.189 e. The molecule has 6 rings (SSSR count). The fourth-order valence-corrected chi connectivity index (χ4v) is 5.99. The van der Waals surface area contributed by atoms with E-state index < -0.39 is 0 Å². The van der Waals surface area contributed by atoms with Crippen molar-refractivity contribution in [2.75, 3.05) is 7.11 Å². The number of fused-ring (bicyclic) bond motifs is 2. The van der Waals surface area contributed by atoms with Crippen LogP contribution in [0.25, 0.3) is 16.8 Å². The molecule has 4 aromatic carbocycles. The summed E-state index contributed by atoms with van der Waals surface area (Å²) < 4.78 is 5.33. The van der Waals surface area contributed by atoms with Gasteiger partial charge in [0.1, 0.15) is 5.75 Å². The molecule has 4 aromatic rings. The average Bonchev–Trinajstić information content (AvgIpc) is 3.02. The van der Waals surface area contributed by atoms with E-state index in [4.69, 9.17) is 4.74 Å². The van der Waals surface area contributed by atoms with Gasteiger partial charge in [-0.15, -0.1) is 0 Å². The highest BCUT2D eigenvalue weighted by Crippen LogP contribution is 2.56. The van der Waals surface area contributed by atoms with E-state index in [1.807, 2.05) is 42.5 Å². The lowest BCUT2D eigenvalue weighted by molar-refractivity contribution is 0.0987. The van der Waals surface area contributed by atoms with Gasteiger partial charge in [0.25, 0.3) is 0 Å². The van der Waals surface area contributed by atoms with Gasteiger partial charge in [-0.05, 0) is 77.8 Å². The molecule has 0 radical (unpaired) electrons. The summed E-state index contributed by atoms with van der Waals surface area (Å²) in [5.41, 5.74) is 6.77. The largest absolute Gasteiger partial charge is 0.497 e. The van der Waals surface area contributed by atoms with Crippen LogP contribution < -0.4 is 4.74 Å². The zero-order valence-corrected chi connectivity index (χ0v) is 20.7. The van der Waals surface area contributed by atoms with Crippen LogP contribution in [0.3, 0.4) is 0 Å². The Balaban J connectivity index is 0.00000280. The van der Waals surface area contributed by atoms with Gasteiger partial charge in [0, 0.05) is 18.0 Å². The van der Waals surface area contributed by atoms with Gasteiger partial charge < -0.3 is 4.74 Å². The Labute approximate surface area is 214 Å². The molecule has 1 spiro atoms. The summed E-state index contributed by atoms with van der Waals surface area (Å²) in [7, 11) is 1.68. The molecular formula is C34H32O2. The molecule has 1 fully saturated rings. The monoisotopic (exact) mass is 472 g/mol. The van der Waals surface area contributed by atoms with Gasteiger partial charge in [0.2, 0.25) is 0 Å². The molecule has 2 aliphatic carbocycles. The SMILES string of the molecule is COc1ccc(/C=C2/C(=O)c3ccccc3CCC23CC(=CCc2cccc4ccccc24)C3)cc1.[HH]. The zero-order chi connectivity index (χ0) is 24.5. The van der Waals surface area contributed by atoms with Crippen LogP contribution in [0.5, 0.6) is 5.75 Å². The number of allylic oxidation sites excluding steroid dienone is 3. The minimum absolute atomic E-state index is 0. The van der Waals surface area contributed by atoms with Crippen molar-refractivity contribution in [3.8, 4) is 5.75 Å². The maximum Gasteiger partial charge on any atom is 0.189 e. The third-order valence-corrected chi connectivity index (χ3v) is 8.00. The fourth-order valence-electron chi connectivity index (χ4n) is 5.99. The number of hydrogen-bond donors (Lipinski definition) is 0. The zero-order valence-electron chi connectivity index (χ0n) is 20.7. The van der Waals surface area contributed by atoms with E-state index >= 15 is 0 Å². The maximum atomic E-state index is 13.9. The van der Waals surface area contributed by atoms with E-state index in [1.54, 1.807) is 7.11 Å². The van der Waals surface area contributed by atoms with Crippen molar-refractivity contribution in [1.82, 2.24) is 0 Å². The normalized spacial score (nSPS) is 20.2. The van der Waals surface area contributed by atoms with E-state index in [1.165, 1.54) is 27.5 Å². The molecule has 0 saturated heterocycles. The second kappa shape index (κ2) is 9.28. The van der Waals surface area contributed by atoms with Crippen LogP contribution in [0.15, 0.2) is 108 Å². The first-order valence-corrected chi connectivity index (χ1v) is 12.8. The maximum absolute atomic E-state index is 13.9. The first-order chi connectivity index (χ1) is 17.6. The highest BCUT2D eigenvalue weighted by molar-refractivity contribution is 6.13. The second-order valence-corrected chi connectivity index (χ2v) is 10.2. The van der Waals surface area contributed by atoms with E-state index in [2.05, 4.69) is 60.7 Å². The highest BCUT2D eigenvalue weighted by atomic mass is 16.5. The minimum Gasteiger partial charge on any atom is -0.497 e. The number of rotatable bonds is 4. The lowest BCUT2D eigenvalue weighted by Crippen LogP contribution is -2.36. The molecule has 0 heterocycles. The minimum atomic E-state index is -0.0966. The van der Waals surface area contributed by atoms with E-state index in [9.17, 15) is 4.79 Å². The Kier molecular flexibility index (Phi) is 5.81. The molecule has 36 heavy (non-hydrogen) atoms. The summed E-state index contributed by atoms with van der Waals surface area (Å²) in [6, 6.07) is 31.3. The van der Waals surface area contributed by atoms with Crippen LogP contribution in [-0.2, 0) is 12.8 Å². The molecule has 2 aliphatic rings. The number of benzene rings is 4. The Morgan fingerprint density at radius 1 is 0.889 bits per heavy atom. The first kappa shape index (κ1) is 22.5. The molecule has 180 valence electrons. The lowest BCUT2D eigenvalue weighted by Gasteiger charge is -2.45. The molecule has 0 N–H and O–H groups in total.